The van der Waals surface area contributed by atoms with Gasteiger partial charge in [0.25, 0.3) is 0 Å². The summed E-state index contributed by atoms with van der Waals surface area (Å²) in [5.41, 5.74) is 3.86. The summed E-state index contributed by atoms with van der Waals surface area (Å²) in [5.74, 6) is -0.0932. The Hall–Kier alpha value is -3.04. The number of rotatable bonds is 5. The van der Waals surface area contributed by atoms with Crippen LogP contribution in [0.5, 0.6) is 0 Å². The third kappa shape index (κ3) is 3.99. The number of nitrogens with one attached hydrogen (secondary N) is 1. The lowest BCUT2D eigenvalue weighted by atomic mass is 10.1. The number of pyridine rings is 1. The zero-order valence-electron chi connectivity index (χ0n) is 16.8. The van der Waals surface area contributed by atoms with Gasteiger partial charge in [-0.3, -0.25) is 4.90 Å². The second-order valence-electron chi connectivity index (χ2n) is 7.75. The van der Waals surface area contributed by atoms with Gasteiger partial charge in [0.05, 0.1) is 24.9 Å². The number of anilines is 3. The van der Waals surface area contributed by atoms with Gasteiger partial charge in [0.1, 0.15) is 6.33 Å². The minimum absolute atomic E-state index is 0. The van der Waals surface area contributed by atoms with Crippen molar-refractivity contribution in [3.63, 3.8) is 0 Å². The Morgan fingerprint density at radius 3 is 2.63 bits per heavy atom. The third-order valence-electron chi connectivity index (χ3n) is 5.60. The molecule has 3 aromatic rings. The zero-order chi connectivity index (χ0) is 20.5. The first-order valence-corrected chi connectivity index (χ1v) is 10.1. The molecule has 2 aliphatic heterocycles. The number of aryl methyl sites for hydroxylation is 1. The van der Waals surface area contributed by atoms with E-state index in [1.54, 1.807) is 12.4 Å². The molecule has 0 aliphatic carbocycles. The Labute approximate surface area is 175 Å². The van der Waals surface area contributed by atoms with Gasteiger partial charge in [0, 0.05) is 51.2 Å². The second kappa shape index (κ2) is 8.00. The number of aromatic nitrogens is 4. The molecule has 0 atom stereocenters. The van der Waals surface area contributed by atoms with Gasteiger partial charge in [-0.1, -0.05) is 0 Å². The van der Waals surface area contributed by atoms with Crippen LogP contribution in [0.1, 0.15) is 6.99 Å². The normalized spacial score (nSPS) is 17.7. The Morgan fingerprint density at radius 1 is 1.07 bits per heavy atom. The summed E-state index contributed by atoms with van der Waals surface area (Å²) in [4.78, 5) is 12.8. The molecular weight excluding hydrogens is 385 g/mol. The van der Waals surface area contributed by atoms with Crippen molar-refractivity contribution in [2.45, 2.75) is 13.0 Å². The highest BCUT2D eigenvalue weighted by Crippen LogP contribution is 2.26. The third-order valence-corrected chi connectivity index (χ3v) is 5.60. The lowest BCUT2D eigenvalue weighted by Gasteiger charge is -2.43. The molecule has 30 heavy (non-hydrogen) atoms. The molecule has 0 unspecified atom stereocenters. The van der Waals surface area contributed by atoms with Gasteiger partial charge in [-0.25, -0.2) is 9.67 Å². The van der Waals surface area contributed by atoms with Crippen LogP contribution in [0, 0.1) is 12.9 Å². The van der Waals surface area contributed by atoms with Crippen LogP contribution in [0.4, 0.5) is 21.7 Å². The summed E-state index contributed by atoms with van der Waals surface area (Å²) in [6.07, 6.45) is 2.96. The minimum Gasteiger partial charge on any atom is -0.378 e. The van der Waals surface area contributed by atoms with Gasteiger partial charge in [-0.05, 0) is 36.8 Å². The van der Waals surface area contributed by atoms with E-state index in [9.17, 15) is 4.39 Å². The number of ether oxygens (including phenoxy) is 1. The molecule has 5 rings (SSSR count). The fraction of sp³-hybridized carbons (Fsp3) is 0.381. The number of piperazine rings is 1. The Bertz CT molecular complexity index is 1030. The van der Waals surface area contributed by atoms with Crippen LogP contribution in [0.3, 0.4) is 0 Å². The summed E-state index contributed by atoms with van der Waals surface area (Å²) in [6, 6.07) is 10.00. The predicted molar refractivity (Wildman–Crippen MR) is 114 cm³/mol. The molecule has 0 spiro atoms. The minimum atomic E-state index is -0.550. The lowest BCUT2D eigenvalue weighted by Crippen LogP contribution is -2.56. The summed E-state index contributed by atoms with van der Waals surface area (Å²) < 4.78 is 20.2. The number of halogens is 1. The molecule has 9 heteroatoms. The maximum Gasteiger partial charge on any atom is 0.246 e. The predicted octanol–water partition coefficient (Wildman–Crippen LogP) is 2.62. The highest BCUT2D eigenvalue weighted by atomic mass is 19.1. The van der Waals surface area contributed by atoms with Gasteiger partial charge < -0.3 is 15.0 Å². The molecule has 0 saturated carbocycles. The summed E-state index contributed by atoms with van der Waals surface area (Å²) in [6.45, 7) is 7.93. The summed E-state index contributed by atoms with van der Waals surface area (Å²) in [7, 11) is 0. The first kappa shape index (κ1) is 19.0. The van der Waals surface area contributed by atoms with Crippen LogP contribution in [-0.4, -0.2) is 70.1 Å². The highest BCUT2D eigenvalue weighted by molar-refractivity contribution is 5.64. The average molecular weight is 411 g/mol. The van der Waals surface area contributed by atoms with E-state index in [0.29, 0.717) is 17.7 Å². The van der Waals surface area contributed by atoms with Gasteiger partial charge in [-0.2, -0.15) is 9.37 Å². The fourth-order valence-corrected chi connectivity index (χ4v) is 3.91. The molecule has 2 saturated heterocycles. The van der Waals surface area contributed by atoms with Crippen molar-refractivity contribution >= 4 is 17.3 Å². The molecule has 0 bridgehead atoms. The van der Waals surface area contributed by atoms with Gasteiger partial charge in [0.15, 0.2) is 0 Å². The molecule has 2 aliphatic rings. The van der Waals surface area contributed by atoms with E-state index < -0.39 is 5.95 Å². The number of hydrogen-bond acceptors (Lipinski definition) is 7. The Balaban J connectivity index is 0.00000231. The van der Waals surface area contributed by atoms with Crippen LogP contribution in [0.2, 0.25) is 0 Å². The van der Waals surface area contributed by atoms with Crippen molar-refractivity contribution in [1.29, 1.82) is 0 Å². The SMILES string of the molecule is Cc1cc(Nc2ncn(-c3ccnc(F)c3)n2)cc(N2CCN(C3COC3)CC2)c1.[HH]. The van der Waals surface area contributed by atoms with Crippen LogP contribution >= 0.6 is 0 Å². The monoisotopic (exact) mass is 411 g/mol. The van der Waals surface area contributed by atoms with Crippen LogP contribution in [0.25, 0.3) is 5.69 Å². The molecule has 2 aromatic heterocycles. The van der Waals surface area contributed by atoms with E-state index in [4.69, 9.17) is 4.74 Å². The van der Waals surface area contributed by atoms with Crippen LogP contribution in [0.15, 0.2) is 42.9 Å². The Morgan fingerprint density at radius 2 is 1.90 bits per heavy atom. The van der Waals surface area contributed by atoms with Crippen molar-refractivity contribution in [2.24, 2.45) is 0 Å². The average Bonchev–Trinajstić information content (AvgIpc) is 3.15. The van der Waals surface area contributed by atoms with E-state index >= 15 is 0 Å². The number of hydrogen-bond donors (Lipinski definition) is 1. The molecule has 1 N–H and O–H groups in total. The number of benzene rings is 1. The summed E-state index contributed by atoms with van der Waals surface area (Å²) in [5, 5.41) is 7.67. The molecule has 0 amide bonds. The fourth-order valence-electron chi connectivity index (χ4n) is 3.91. The first-order valence-electron chi connectivity index (χ1n) is 10.1. The first-order chi connectivity index (χ1) is 14.6. The molecule has 158 valence electrons. The maximum atomic E-state index is 13.4. The van der Waals surface area contributed by atoms with E-state index in [0.717, 1.165) is 45.1 Å². The van der Waals surface area contributed by atoms with E-state index in [1.807, 2.05) is 0 Å². The van der Waals surface area contributed by atoms with Crippen molar-refractivity contribution in [3.8, 4) is 5.69 Å². The standard InChI is InChI=1S/C21H24FN7O.H2/c1-15-8-16(25-21-24-14-29(26-21)17-2-3-23-20(22)11-17)10-18(9-15)27-4-6-28(7-5-27)19-12-30-13-19;/h2-3,8-11,14,19H,4-7,12-13H2,1H3,(H,25,26);1H. The zero-order valence-corrected chi connectivity index (χ0v) is 16.8. The van der Waals surface area contributed by atoms with Crippen molar-refractivity contribution in [2.75, 3.05) is 49.6 Å². The molecule has 8 nitrogen and oxygen atoms in total. The Kier molecular flexibility index (Phi) is 5.06. The topological polar surface area (TPSA) is 71.3 Å². The van der Waals surface area contributed by atoms with E-state index in [2.05, 4.69) is 55.3 Å². The van der Waals surface area contributed by atoms with Crippen LogP contribution < -0.4 is 10.2 Å². The molecular formula is C21H26FN7O. The second-order valence-corrected chi connectivity index (χ2v) is 7.75. The van der Waals surface area contributed by atoms with Gasteiger partial charge in [0.2, 0.25) is 11.9 Å². The van der Waals surface area contributed by atoms with Crippen molar-refractivity contribution < 1.29 is 10.6 Å². The quantitative estimate of drug-likeness (QED) is 0.647. The van der Waals surface area contributed by atoms with Crippen molar-refractivity contribution in [3.05, 3.63) is 54.4 Å². The summed E-state index contributed by atoms with van der Waals surface area (Å²) >= 11 is 0. The van der Waals surface area contributed by atoms with E-state index in [1.165, 1.54) is 28.2 Å². The smallest absolute Gasteiger partial charge is 0.246 e. The van der Waals surface area contributed by atoms with E-state index in [-0.39, 0.29) is 1.43 Å². The van der Waals surface area contributed by atoms with Crippen molar-refractivity contribution in [1.82, 2.24) is 24.6 Å². The van der Waals surface area contributed by atoms with Gasteiger partial charge in [-0.15, -0.1) is 5.10 Å². The largest absolute Gasteiger partial charge is 0.378 e. The van der Waals surface area contributed by atoms with Gasteiger partial charge >= 0.3 is 0 Å². The lowest BCUT2D eigenvalue weighted by molar-refractivity contribution is -0.0660. The molecule has 4 heterocycles. The molecule has 0 radical (unpaired) electrons. The highest BCUT2D eigenvalue weighted by Gasteiger charge is 2.29. The van der Waals surface area contributed by atoms with Crippen LogP contribution in [-0.2, 0) is 4.74 Å². The number of nitrogens with zero attached hydrogens (tertiary/aromatic N) is 6. The maximum absolute atomic E-state index is 13.4. The molecule has 1 aromatic carbocycles. The molecule has 2 fully saturated rings.